The Morgan fingerprint density at radius 2 is 1.21 bits per heavy atom. The Kier molecular flexibility index (Phi) is 6.90. The van der Waals surface area contributed by atoms with E-state index in [-0.39, 0.29) is 0 Å². The summed E-state index contributed by atoms with van der Waals surface area (Å²) in [4.78, 5) is 0. The average Bonchev–Trinajstić information content (AvgIpc) is 2.72. The minimum absolute atomic E-state index is 0.559. The molecule has 0 atom stereocenters. The summed E-state index contributed by atoms with van der Waals surface area (Å²) >= 11 is 12.9. The zero-order valence-electron chi connectivity index (χ0n) is 15.8. The second kappa shape index (κ2) is 9.58. The van der Waals surface area contributed by atoms with Gasteiger partial charge in [-0.3, -0.25) is 0 Å². The van der Waals surface area contributed by atoms with Gasteiger partial charge in [-0.1, -0.05) is 47.5 Å². The van der Waals surface area contributed by atoms with Crippen LogP contribution in [0.15, 0.2) is 60.7 Å². The van der Waals surface area contributed by atoms with Gasteiger partial charge in [0.2, 0.25) is 0 Å². The molecule has 0 aliphatic carbocycles. The zero-order valence-corrected chi connectivity index (χ0v) is 17.3. The molecule has 0 aliphatic rings. The molecule has 0 heterocycles. The lowest BCUT2D eigenvalue weighted by Crippen LogP contribution is -2.03. The van der Waals surface area contributed by atoms with Crippen LogP contribution in [0.4, 0.5) is 11.4 Å². The van der Waals surface area contributed by atoms with Gasteiger partial charge in [-0.25, -0.2) is 0 Å². The van der Waals surface area contributed by atoms with Crippen molar-refractivity contribution in [1.82, 2.24) is 0 Å². The van der Waals surface area contributed by atoms with Crippen LogP contribution in [0.5, 0.6) is 11.5 Å². The van der Waals surface area contributed by atoms with Crippen LogP contribution in [0.25, 0.3) is 0 Å². The summed E-state index contributed by atoms with van der Waals surface area (Å²) in [6.45, 7) is 1.23. The Balaban J connectivity index is 1.66. The Morgan fingerprint density at radius 3 is 1.71 bits per heavy atom. The predicted molar refractivity (Wildman–Crippen MR) is 117 cm³/mol. The van der Waals surface area contributed by atoms with E-state index in [0.29, 0.717) is 28.8 Å². The molecule has 4 nitrogen and oxygen atoms in total. The van der Waals surface area contributed by atoms with E-state index in [1.807, 2.05) is 60.7 Å². The predicted octanol–water partition coefficient (Wildman–Crippen LogP) is 6.23. The van der Waals surface area contributed by atoms with Gasteiger partial charge in [-0.05, 0) is 47.5 Å². The van der Waals surface area contributed by atoms with Crippen LogP contribution in [0, 0.1) is 0 Å². The lowest BCUT2D eigenvalue weighted by atomic mass is 10.2. The molecule has 146 valence electrons. The number of methoxy groups -OCH3 is 2. The highest BCUT2D eigenvalue weighted by Crippen LogP contribution is 2.34. The smallest absolute Gasteiger partial charge is 0.119 e. The van der Waals surface area contributed by atoms with Crippen LogP contribution in [0.2, 0.25) is 10.0 Å². The minimum Gasteiger partial charge on any atom is -0.497 e. The van der Waals surface area contributed by atoms with Gasteiger partial charge in [0, 0.05) is 18.8 Å². The monoisotopic (exact) mass is 416 g/mol. The third-order valence-corrected chi connectivity index (χ3v) is 4.87. The lowest BCUT2D eigenvalue weighted by molar-refractivity contribution is 0.414. The molecule has 3 aromatic carbocycles. The van der Waals surface area contributed by atoms with Gasteiger partial charge in [0.15, 0.2) is 0 Å². The van der Waals surface area contributed by atoms with Gasteiger partial charge in [0.05, 0.1) is 30.0 Å². The third kappa shape index (κ3) is 5.24. The van der Waals surface area contributed by atoms with Gasteiger partial charge in [0.1, 0.15) is 11.5 Å². The normalized spacial score (nSPS) is 10.4. The quantitative estimate of drug-likeness (QED) is 0.456. The summed E-state index contributed by atoms with van der Waals surface area (Å²) in [6.07, 6.45) is 0. The van der Waals surface area contributed by atoms with Gasteiger partial charge < -0.3 is 20.1 Å². The number of rotatable bonds is 8. The molecule has 28 heavy (non-hydrogen) atoms. The van der Waals surface area contributed by atoms with Crippen LogP contribution in [0.1, 0.15) is 11.1 Å². The van der Waals surface area contributed by atoms with Crippen LogP contribution >= 0.6 is 23.2 Å². The molecule has 0 saturated carbocycles. The minimum atomic E-state index is 0.559. The molecule has 0 aliphatic heterocycles. The molecule has 0 amide bonds. The zero-order chi connectivity index (χ0) is 19.9. The number of hydrogen-bond acceptors (Lipinski definition) is 4. The summed E-state index contributed by atoms with van der Waals surface area (Å²) in [7, 11) is 3.31. The van der Waals surface area contributed by atoms with Gasteiger partial charge in [-0.15, -0.1) is 0 Å². The van der Waals surface area contributed by atoms with E-state index >= 15 is 0 Å². The molecule has 0 aromatic heterocycles. The second-order valence-electron chi connectivity index (χ2n) is 6.23. The molecule has 0 unspecified atom stereocenters. The van der Waals surface area contributed by atoms with Crippen LogP contribution < -0.4 is 20.1 Å². The summed E-state index contributed by atoms with van der Waals surface area (Å²) in [5.74, 6) is 1.64. The number of halogens is 2. The molecular weight excluding hydrogens is 395 g/mol. The SMILES string of the molecule is COc1cccc(CNc2cc(Cl)c(NCc3cccc(OC)c3)c(Cl)c2)c1. The molecule has 0 spiro atoms. The van der Waals surface area contributed by atoms with Gasteiger partial charge in [0.25, 0.3) is 0 Å². The van der Waals surface area contributed by atoms with Crippen molar-refractivity contribution in [3.8, 4) is 11.5 Å². The van der Waals surface area contributed by atoms with Gasteiger partial charge >= 0.3 is 0 Å². The largest absolute Gasteiger partial charge is 0.497 e. The Labute approximate surface area is 175 Å². The number of ether oxygens (including phenoxy) is 2. The van der Waals surface area contributed by atoms with E-state index < -0.39 is 0 Å². The maximum atomic E-state index is 6.46. The lowest BCUT2D eigenvalue weighted by Gasteiger charge is -2.14. The highest BCUT2D eigenvalue weighted by Gasteiger charge is 2.09. The van der Waals surface area contributed by atoms with E-state index in [0.717, 1.165) is 28.3 Å². The number of nitrogens with one attached hydrogen (secondary N) is 2. The fourth-order valence-electron chi connectivity index (χ4n) is 2.80. The van der Waals surface area contributed by atoms with E-state index in [1.54, 1.807) is 14.2 Å². The summed E-state index contributed by atoms with van der Waals surface area (Å²) in [5, 5.41) is 7.76. The van der Waals surface area contributed by atoms with Gasteiger partial charge in [-0.2, -0.15) is 0 Å². The van der Waals surface area contributed by atoms with Crippen molar-refractivity contribution in [2.45, 2.75) is 13.1 Å². The summed E-state index contributed by atoms with van der Waals surface area (Å²) < 4.78 is 10.5. The summed E-state index contributed by atoms with van der Waals surface area (Å²) in [5.41, 5.74) is 3.74. The third-order valence-electron chi connectivity index (χ3n) is 4.28. The maximum absolute atomic E-state index is 6.46. The van der Waals surface area contributed by atoms with Crippen LogP contribution in [-0.2, 0) is 13.1 Å². The van der Waals surface area contributed by atoms with E-state index in [2.05, 4.69) is 10.6 Å². The van der Waals surface area contributed by atoms with Crippen molar-refractivity contribution in [2.24, 2.45) is 0 Å². The molecule has 3 rings (SSSR count). The maximum Gasteiger partial charge on any atom is 0.119 e. The molecule has 0 saturated heterocycles. The standard InChI is InChI=1S/C22H22Cl2N2O2/c1-27-18-7-3-5-15(9-18)13-25-17-11-20(23)22(21(24)12-17)26-14-16-6-4-8-19(10-16)28-2/h3-12,25-26H,13-14H2,1-2H3. The fraction of sp³-hybridized carbons (Fsp3) is 0.182. The van der Waals surface area contributed by atoms with E-state index in [4.69, 9.17) is 32.7 Å². The molecule has 3 aromatic rings. The second-order valence-corrected chi connectivity index (χ2v) is 7.04. The van der Waals surface area contributed by atoms with Crippen molar-refractivity contribution in [1.29, 1.82) is 0 Å². The average molecular weight is 417 g/mol. The van der Waals surface area contributed by atoms with Crippen molar-refractivity contribution >= 4 is 34.6 Å². The van der Waals surface area contributed by atoms with E-state index in [9.17, 15) is 0 Å². The summed E-state index contributed by atoms with van der Waals surface area (Å²) in [6, 6.07) is 19.5. The highest BCUT2D eigenvalue weighted by atomic mass is 35.5. The van der Waals surface area contributed by atoms with Crippen LogP contribution in [0.3, 0.4) is 0 Å². The Morgan fingerprint density at radius 1 is 0.714 bits per heavy atom. The van der Waals surface area contributed by atoms with E-state index in [1.165, 1.54) is 0 Å². The van der Waals surface area contributed by atoms with Crippen molar-refractivity contribution in [3.63, 3.8) is 0 Å². The molecule has 2 N–H and O–H groups in total. The topological polar surface area (TPSA) is 42.5 Å². The number of benzene rings is 3. The molecule has 0 radical (unpaired) electrons. The molecular formula is C22H22Cl2N2O2. The fourth-order valence-corrected chi connectivity index (χ4v) is 3.42. The molecule has 0 bridgehead atoms. The first-order valence-electron chi connectivity index (χ1n) is 8.81. The van der Waals surface area contributed by atoms with Crippen LogP contribution in [-0.4, -0.2) is 14.2 Å². The molecule has 6 heteroatoms. The first kappa shape index (κ1) is 20.2. The number of anilines is 2. The Bertz CT molecular complexity index is 924. The van der Waals surface area contributed by atoms with Crippen molar-refractivity contribution in [2.75, 3.05) is 24.9 Å². The first-order valence-corrected chi connectivity index (χ1v) is 9.57. The Hall–Kier alpha value is -2.56. The van der Waals surface area contributed by atoms with Crippen molar-refractivity contribution < 1.29 is 9.47 Å². The number of hydrogen-bond donors (Lipinski definition) is 2. The van der Waals surface area contributed by atoms with Crippen molar-refractivity contribution in [3.05, 3.63) is 81.8 Å². The molecule has 0 fully saturated rings. The highest BCUT2D eigenvalue weighted by molar-refractivity contribution is 6.39. The first-order chi connectivity index (χ1) is 13.6.